The minimum absolute atomic E-state index is 0.0445. The van der Waals surface area contributed by atoms with Crippen LogP contribution in [0.2, 0.25) is 0 Å². The number of thioether (sulfide) groups is 1. The fraction of sp³-hybridized carbons (Fsp3) is 0.579. The summed E-state index contributed by atoms with van der Waals surface area (Å²) in [4.78, 5) is 26.3. The maximum Gasteiger partial charge on any atom is 0.234 e. The highest BCUT2D eigenvalue weighted by atomic mass is 79.9. The molecule has 2 amide bonds. The summed E-state index contributed by atoms with van der Waals surface area (Å²) < 4.78 is 0.977. The van der Waals surface area contributed by atoms with E-state index in [1.54, 1.807) is 0 Å². The van der Waals surface area contributed by atoms with Gasteiger partial charge in [0.15, 0.2) is 0 Å². The highest BCUT2D eigenvalue weighted by molar-refractivity contribution is 9.10. The van der Waals surface area contributed by atoms with Crippen molar-refractivity contribution in [1.82, 2.24) is 10.2 Å². The molecule has 1 aliphatic rings. The van der Waals surface area contributed by atoms with Gasteiger partial charge in [-0.05, 0) is 56.1 Å². The molecular weight excluding hydrogens is 414 g/mol. The number of rotatable bonds is 10. The van der Waals surface area contributed by atoms with Crippen LogP contribution in [0.5, 0.6) is 0 Å². The van der Waals surface area contributed by atoms with Crippen LogP contribution >= 0.6 is 27.7 Å². The zero-order valence-corrected chi connectivity index (χ0v) is 17.7. The predicted molar refractivity (Wildman–Crippen MR) is 113 cm³/mol. The molecule has 1 atom stereocenters. The van der Waals surface area contributed by atoms with E-state index < -0.39 is 0 Å². The molecule has 0 radical (unpaired) electrons. The monoisotopic (exact) mass is 441 g/mol. The number of likely N-dealkylation sites (tertiary alicyclic amines) is 1. The smallest absolute Gasteiger partial charge is 0.234 e. The number of carbonyl (C=O) groups excluding carboxylic acids is 2. The Bertz CT molecular complexity index is 577. The van der Waals surface area contributed by atoms with Crippen molar-refractivity contribution in [2.75, 3.05) is 43.0 Å². The van der Waals surface area contributed by atoms with Gasteiger partial charge in [-0.2, -0.15) is 11.8 Å². The molecule has 0 bridgehead atoms. The first kappa shape index (κ1) is 21.3. The molecule has 1 fully saturated rings. The average molecular weight is 442 g/mol. The second-order valence-electron chi connectivity index (χ2n) is 6.77. The number of carbonyl (C=O) groups is 2. The summed E-state index contributed by atoms with van der Waals surface area (Å²) in [5.74, 6) is 1.51. The predicted octanol–water partition coefficient (Wildman–Crippen LogP) is 3.36. The minimum atomic E-state index is -0.0445. The minimum Gasteiger partial charge on any atom is -0.356 e. The Labute approximate surface area is 168 Å². The van der Waals surface area contributed by atoms with Crippen LogP contribution in [0.25, 0.3) is 0 Å². The maximum absolute atomic E-state index is 11.9. The van der Waals surface area contributed by atoms with Gasteiger partial charge in [0.2, 0.25) is 11.8 Å². The normalized spacial score (nSPS) is 15.6. The number of amides is 2. The lowest BCUT2D eigenvalue weighted by molar-refractivity contribution is -0.121. The van der Waals surface area contributed by atoms with Crippen molar-refractivity contribution >= 4 is 45.2 Å². The van der Waals surface area contributed by atoms with E-state index in [0.29, 0.717) is 23.8 Å². The second-order valence-corrected chi connectivity index (χ2v) is 8.80. The molecule has 7 heteroatoms. The molecule has 0 spiro atoms. The van der Waals surface area contributed by atoms with E-state index >= 15 is 0 Å². The zero-order valence-electron chi connectivity index (χ0n) is 15.3. The molecule has 2 N–H and O–H groups in total. The zero-order chi connectivity index (χ0) is 18.8. The van der Waals surface area contributed by atoms with Gasteiger partial charge in [0.25, 0.3) is 0 Å². The summed E-state index contributed by atoms with van der Waals surface area (Å²) in [6.45, 7) is 6.35. The molecule has 1 aromatic carbocycles. The Morgan fingerprint density at radius 3 is 2.58 bits per heavy atom. The van der Waals surface area contributed by atoms with Crippen LogP contribution in [0.1, 0.15) is 26.2 Å². The number of benzene rings is 1. The van der Waals surface area contributed by atoms with Crippen LogP contribution in [0.3, 0.4) is 0 Å². The van der Waals surface area contributed by atoms with Gasteiger partial charge in [0.1, 0.15) is 0 Å². The Balaban J connectivity index is 1.51. The van der Waals surface area contributed by atoms with Crippen LogP contribution in [-0.2, 0) is 9.59 Å². The third kappa shape index (κ3) is 8.56. The van der Waals surface area contributed by atoms with Crippen LogP contribution < -0.4 is 10.6 Å². The lowest BCUT2D eigenvalue weighted by Gasteiger charge is -2.20. The summed E-state index contributed by atoms with van der Waals surface area (Å²) in [5, 5.41) is 5.85. The first-order valence-electron chi connectivity index (χ1n) is 9.15. The molecule has 1 heterocycles. The summed E-state index contributed by atoms with van der Waals surface area (Å²) in [6.07, 6.45) is 3.05. The van der Waals surface area contributed by atoms with E-state index in [2.05, 4.69) is 38.4 Å². The quantitative estimate of drug-likeness (QED) is 0.546. The van der Waals surface area contributed by atoms with E-state index in [1.807, 2.05) is 24.3 Å². The van der Waals surface area contributed by atoms with Gasteiger partial charge in [-0.15, -0.1) is 0 Å². The van der Waals surface area contributed by atoms with Crippen LogP contribution in [0.15, 0.2) is 28.7 Å². The average Bonchev–Trinajstić information content (AvgIpc) is 3.12. The highest BCUT2D eigenvalue weighted by Crippen LogP contribution is 2.14. The second kappa shape index (κ2) is 11.6. The van der Waals surface area contributed by atoms with Crippen molar-refractivity contribution in [3.05, 3.63) is 28.7 Å². The van der Waals surface area contributed by atoms with E-state index in [1.165, 1.54) is 37.7 Å². The molecule has 1 unspecified atom stereocenters. The molecule has 0 saturated carbocycles. The molecule has 0 aliphatic carbocycles. The van der Waals surface area contributed by atoms with Gasteiger partial charge in [0, 0.05) is 35.4 Å². The van der Waals surface area contributed by atoms with Gasteiger partial charge < -0.3 is 15.5 Å². The van der Waals surface area contributed by atoms with Crippen LogP contribution in [0.4, 0.5) is 5.69 Å². The summed E-state index contributed by atoms with van der Waals surface area (Å²) in [6, 6.07) is 7.47. The fourth-order valence-corrected chi connectivity index (χ4v) is 3.90. The van der Waals surface area contributed by atoms with Crippen molar-refractivity contribution in [2.24, 2.45) is 5.92 Å². The third-order valence-corrected chi connectivity index (χ3v) is 5.74. The van der Waals surface area contributed by atoms with Crippen molar-refractivity contribution < 1.29 is 9.59 Å². The number of halogens is 1. The first-order valence-corrected chi connectivity index (χ1v) is 11.1. The van der Waals surface area contributed by atoms with Gasteiger partial charge in [-0.3, -0.25) is 9.59 Å². The summed E-state index contributed by atoms with van der Waals surface area (Å²) in [5.41, 5.74) is 0.781. The Morgan fingerprint density at radius 1 is 1.19 bits per heavy atom. The number of hydrogen-bond donors (Lipinski definition) is 2. The van der Waals surface area contributed by atoms with Gasteiger partial charge >= 0.3 is 0 Å². The molecule has 1 saturated heterocycles. The van der Waals surface area contributed by atoms with Gasteiger partial charge in [-0.25, -0.2) is 0 Å². The number of nitrogens with one attached hydrogen (secondary N) is 2. The lowest BCUT2D eigenvalue weighted by atomic mass is 10.1. The van der Waals surface area contributed by atoms with Crippen LogP contribution in [0, 0.1) is 5.92 Å². The largest absolute Gasteiger partial charge is 0.356 e. The molecule has 2 rings (SSSR count). The van der Waals surface area contributed by atoms with Crippen molar-refractivity contribution in [3.8, 4) is 0 Å². The number of hydrogen-bond acceptors (Lipinski definition) is 4. The SMILES string of the molecule is CC(CNC(=O)CCSCC(=O)Nc1ccc(Br)cc1)CN1CCCC1. The van der Waals surface area contributed by atoms with Crippen molar-refractivity contribution in [3.63, 3.8) is 0 Å². The van der Waals surface area contributed by atoms with Crippen molar-refractivity contribution in [2.45, 2.75) is 26.2 Å². The van der Waals surface area contributed by atoms with E-state index in [0.717, 1.165) is 23.2 Å². The lowest BCUT2D eigenvalue weighted by Crippen LogP contribution is -2.34. The third-order valence-electron chi connectivity index (χ3n) is 4.25. The number of anilines is 1. The van der Waals surface area contributed by atoms with Gasteiger partial charge in [-0.1, -0.05) is 22.9 Å². The molecule has 26 heavy (non-hydrogen) atoms. The molecule has 1 aliphatic heterocycles. The highest BCUT2D eigenvalue weighted by Gasteiger charge is 2.15. The Morgan fingerprint density at radius 2 is 1.88 bits per heavy atom. The standard InChI is InChI=1S/C19H28BrN3O2S/c1-15(13-23-9-2-3-10-23)12-21-18(24)8-11-26-14-19(25)22-17-6-4-16(20)5-7-17/h4-7,15H,2-3,8-14H2,1H3,(H,21,24)(H,22,25). The Hall–Kier alpha value is -1.05. The first-order chi connectivity index (χ1) is 12.5. The van der Waals surface area contributed by atoms with Crippen LogP contribution in [-0.4, -0.2) is 54.4 Å². The fourth-order valence-electron chi connectivity index (χ4n) is 2.91. The van der Waals surface area contributed by atoms with E-state index in [4.69, 9.17) is 0 Å². The van der Waals surface area contributed by atoms with E-state index in [-0.39, 0.29) is 11.8 Å². The van der Waals surface area contributed by atoms with Crippen molar-refractivity contribution in [1.29, 1.82) is 0 Å². The molecule has 0 aromatic heterocycles. The molecular formula is C19H28BrN3O2S. The molecule has 144 valence electrons. The maximum atomic E-state index is 11.9. The number of nitrogens with zero attached hydrogens (tertiary/aromatic N) is 1. The summed E-state index contributed by atoms with van der Waals surface area (Å²) in [7, 11) is 0. The Kier molecular flexibility index (Phi) is 9.50. The molecule has 1 aromatic rings. The van der Waals surface area contributed by atoms with E-state index in [9.17, 15) is 9.59 Å². The molecule has 5 nitrogen and oxygen atoms in total. The van der Waals surface area contributed by atoms with Gasteiger partial charge in [0.05, 0.1) is 5.75 Å². The topological polar surface area (TPSA) is 61.4 Å². The summed E-state index contributed by atoms with van der Waals surface area (Å²) >= 11 is 4.84.